The van der Waals surface area contributed by atoms with Crippen LogP contribution in [0.15, 0.2) is 30.3 Å². The minimum absolute atomic E-state index is 0.132. The van der Waals surface area contributed by atoms with Gasteiger partial charge in [-0.25, -0.2) is 0 Å². The number of hydrogen-bond acceptors (Lipinski definition) is 5. The molecule has 0 bridgehead atoms. The van der Waals surface area contributed by atoms with Crippen molar-refractivity contribution in [2.24, 2.45) is 0 Å². The largest absolute Gasteiger partial charge is 0.394 e. The zero-order chi connectivity index (χ0) is 14.3. The minimum atomic E-state index is -1.13. The third-order valence-corrected chi connectivity index (χ3v) is 3.16. The zero-order valence-corrected chi connectivity index (χ0v) is 11.4. The van der Waals surface area contributed by atoms with Crippen LogP contribution in [0.2, 0.25) is 0 Å². The van der Waals surface area contributed by atoms with Crippen LogP contribution in [-0.4, -0.2) is 47.5 Å². The molecule has 0 amide bonds. The minimum Gasteiger partial charge on any atom is -0.394 e. The second kappa shape index (κ2) is 8.24. The molecular weight excluding hydrogens is 246 g/mol. The Bertz CT molecular complexity index is 337. The monoisotopic (exact) mass is 269 g/mol. The van der Waals surface area contributed by atoms with E-state index in [1.807, 2.05) is 37.3 Å². The van der Waals surface area contributed by atoms with Crippen LogP contribution in [0.25, 0.3) is 0 Å². The first kappa shape index (κ1) is 16.1. The lowest BCUT2D eigenvalue weighted by Gasteiger charge is -2.30. The van der Waals surface area contributed by atoms with Crippen molar-refractivity contribution in [3.05, 3.63) is 35.9 Å². The molecule has 19 heavy (non-hydrogen) atoms. The van der Waals surface area contributed by atoms with Crippen LogP contribution < -0.4 is 5.32 Å². The lowest BCUT2D eigenvalue weighted by Crippen LogP contribution is -2.51. The standard InChI is InChI=1S/C14H23NO4/c1-3-12(17)13(14(18)19-2)15-11(9-16)10-7-5-4-6-8-10/h4-8,11-18H,3,9H2,1-2H3/t11-,12-,13+,14?/m1/s1. The summed E-state index contributed by atoms with van der Waals surface area (Å²) < 4.78 is 4.87. The molecule has 1 aromatic carbocycles. The maximum Gasteiger partial charge on any atom is 0.172 e. The van der Waals surface area contributed by atoms with Gasteiger partial charge in [0.2, 0.25) is 0 Å². The van der Waals surface area contributed by atoms with Crippen molar-refractivity contribution in [3.63, 3.8) is 0 Å². The number of ether oxygens (including phenoxy) is 1. The number of benzene rings is 1. The summed E-state index contributed by atoms with van der Waals surface area (Å²) in [6, 6.07) is 8.37. The van der Waals surface area contributed by atoms with Crippen LogP contribution in [0.4, 0.5) is 0 Å². The number of rotatable bonds is 8. The predicted molar refractivity (Wildman–Crippen MR) is 72.5 cm³/mol. The molecule has 108 valence electrons. The van der Waals surface area contributed by atoms with Crippen molar-refractivity contribution in [3.8, 4) is 0 Å². The Morgan fingerprint density at radius 2 is 1.84 bits per heavy atom. The molecule has 0 spiro atoms. The summed E-state index contributed by atoms with van der Waals surface area (Å²) in [7, 11) is 1.37. The van der Waals surface area contributed by atoms with E-state index in [9.17, 15) is 15.3 Å². The molecule has 0 aliphatic rings. The lowest BCUT2D eigenvalue weighted by molar-refractivity contribution is -0.124. The Balaban J connectivity index is 2.81. The second-order valence-electron chi connectivity index (χ2n) is 4.44. The van der Waals surface area contributed by atoms with Crippen molar-refractivity contribution in [1.82, 2.24) is 5.32 Å². The van der Waals surface area contributed by atoms with Gasteiger partial charge in [0.1, 0.15) is 0 Å². The molecule has 0 aromatic heterocycles. The molecule has 1 rings (SSSR count). The van der Waals surface area contributed by atoms with E-state index in [1.165, 1.54) is 7.11 Å². The smallest absolute Gasteiger partial charge is 0.172 e. The van der Waals surface area contributed by atoms with Gasteiger partial charge in [-0.15, -0.1) is 0 Å². The van der Waals surface area contributed by atoms with Crippen LogP contribution in [0.1, 0.15) is 24.9 Å². The SMILES string of the molecule is CC[C@@H](O)[C@H](N[C@H](CO)c1ccccc1)C(O)OC. The van der Waals surface area contributed by atoms with Crippen LogP contribution in [0, 0.1) is 0 Å². The third kappa shape index (κ3) is 4.56. The first-order chi connectivity index (χ1) is 9.13. The summed E-state index contributed by atoms with van der Waals surface area (Å²) in [5.74, 6) is 0. The first-order valence-electron chi connectivity index (χ1n) is 6.44. The summed E-state index contributed by atoms with van der Waals surface area (Å²) >= 11 is 0. The number of aliphatic hydroxyl groups excluding tert-OH is 3. The predicted octanol–water partition coefficient (Wildman–Crippen LogP) is 0.414. The summed E-state index contributed by atoms with van der Waals surface area (Å²) in [6.45, 7) is 1.69. The Morgan fingerprint density at radius 1 is 1.21 bits per heavy atom. The van der Waals surface area contributed by atoms with Gasteiger partial charge >= 0.3 is 0 Å². The van der Waals surface area contributed by atoms with Gasteiger partial charge in [0.25, 0.3) is 0 Å². The van der Waals surface area contributed by atoms with E-state index < -0.39 is 18.4 Å². The van der Waals surface area contributed by atoms with Crippen molar-refractivity contribution >= 4 is 0 Å². The van der Waals surface area contributed by atoms with Gasteiger partial charge in [-0.05, 0) is 12.0 Å². The molecule has 1 unspecified atom stereocenters. The topological polar surface area (TPSA) is 82.0 Å². The quantitative estimate of drug-likeness (QED) is 0.514. The van der Waals surface area contributed by atoms with E-state index in [0.29, 0.717) is 6.42 Å². The van der Waals surface area contributed by atoms with Gasteiger partial charge < -0.3 is 20.1 Å². The highest BCUT2D eigenvalue weighted by Gasteiger charge is 2.28. The van der Waals surface area contributed by atoms with Gasteiger partial charge in [0.05, 0.1) is 24.8 Å². The average Bonchev–Trinajstić information content (AvgIpc) is 2.48. The fourth-order valence-electron chi connectivity index (χ4n) is 1.96. The Hall–Kier alpha value is -0.980. The highest BCUT2D eigenvalue weighted by molar-refractivity contribution is 5.19. The van der Waals surface area contributed by atoms with Gasteiger partial charge in [-0.1, -0.05) is 37.3 Å². The molecular formula is C14H23NO4. The van der Waals surface area contributed by atoms with Crippen LogP contribution in [0.3, 0.4) is 0 Å². The lowest BCUT2D eigenvalue weighted by atomic mass is 10.0. The molecule has 0 aliphatic carbocycles. The van der Waals surface area contributed by atoms with Gasteiger partial charge in [0, 0.05) is 7.11 Å². The molecule has 0 saturated heterocycles. The van der Waals surface area contributed by atoms with E-state index in [1.54, 1.807) is 0 Å². The van der Waals surface area contributed by atoms with Crippen molar-refractivity contribution in [2.45, 2.75) is 37.8 Å². The number of hydrogen-bond donors (Lipinski definition) is 4. The second-order valence-corrected chi connectivity index (χ2v) is 4.44. The normalized spacial score (nSPS) is 17.7. The molecule has 5 nitrogen and oxygen atoms in total. The van der Waals surface area contributed by atoms with Crippen LogP contribution in [0.5, 0.6) is 0 Å². The van der Waals surface area contributed by atoms with Crippen molar-refractivity contribution in [2.75, 3.05) is 13.7 Å². The maximum absolute atomic E-state index is 9.93. The molecule has 0 saturated carbocycles. The molecule has 0 aliphatic heterocycles. The highest BCUT2D eigenvalue weighted by atomic mass is 16.6. The highest BCUT2D eigenvalue weighted by Crippen LogP contribution is 2.16. The Morgan fingerprint density at radius 3 is 2.32 bits per heavy atom. The molecule has 0 heterocycles. The van der Waals surface area contributed by atoms with Crippen molar-refractivity contribution < 1.29 is 20.1 Å². The number of methoxy groups -OCH3 is 1. The molecule has 1 aromatic rings. The number of aliphatic hydroxyl groups is 3. The average molecular weight is 269 g/mol. The molecule has 5 heteroatoms. The van der Waals surface area contributed by atoms with Crippen molar-refractivity contribution in [1.29, 1.82) is 0 Å². The van der Waals surface area contributed by atoms with Crippen LogP contribution >= 0.6 is 0 Å². The zero-order valence-electron chi connectivity index (χ0n) is 11.4. The number of nitrogens with one attached hydrogen (secondary N) is 1. The summed E-state index contributed by atoms with van der Waals surface area (Å²) in [6.07, 6.45) is -1.41. The third-order valence-electron chi connectivity index (χ3n) is 3.16. The molecule has 0 radical (unpaired) electrons. The van der Waals surface area contributed by atoms with Gasteiger partial charge in [-0.3, -0.25) is 5.32 Å². The van der Waals surface area contributed by atoms with E-state index in [4.69, 9.17) is 4.74 Å². The van der Waals surface area contributed by atoms with E-state index >= 15 is 0 Å². The fourth-order valence-corrected chi connectivity index (χ4v) is 1.96. The first-order valence-corrected chi connectivity index (χ1v) is 6.44. The van der Waals surface area contributed by atoms with Crippen LogP contribution in [-0.2, 0) is 4.74 Å². The summed E-state index contributed by atoms with van der Waals surface area (Å²) in [5.41, 5.74) is 0.890. The molecule has 4 N–H and O–H groups in total. The van der Waals surface area contributed by atoms with Gasteiger partial charge in [0.15, 0.2) is 6.29 Å². The summed E-state index contributed by atoms with van der Waals surface area (Å²) in [5, 5.41) is 32.2. The van der Waals surface area contributed by atoms with E-state index in [2.05, 4.69) is 5.32 Å². The van der Waals surface area contributed by atoms with E-state index in [-0.39, 0.29) is 12.6 Å². The Labute approximate surface area is 113 Å². The van der Waals surface area contributed by atoms with E-state index in [0.717, 1.165) is 5.56 Å². The molecule has 0 fully saturated rings. The summed E-state index contributed by atoms with van der Waals surface area (Å²) in [4.78, 5) is 0. The van der Waals surface area contributed by atoms with Gasteiger partial charge in [-0.2, -0.15) is 0 Å². The maximum atomic E-state index is 9.93. The Kier molecular flexibility index (Phi) is 6.97. The fraction of sp³-hybridized carbons (Fsp3) is 0.571. The molecule has 4 atom stereocenters.